The van der Waals surface area contributed by atoms with Crippen LogP contribution in [0.15, 0.2) is 0 Å². The van der Waals surface area contributed by atoms with E-state index >= 15 is 0 Å². The summed E-state index contributed by atoms with van der Waals surface area (Å²) in [5.74, 6) is 1.32. The minimum atomic E-state index is -0.0258. The lowest BCUT2D eigenvalue weighted by Crippen LogP contribution is -2.52. The normalized spacial score (nSPS) is 34.0. The van der Waals surface area contributed by atoms with E-state index in [1.54, 1.807) is 0 Å². The second-order valence-corrected chi connectivity index (χ2v) is 7.79. The van der Waals surface area contributed by atoms with Gasteiger partial charge in [-0.3, -0.25) is 0 Å². The molecule has 2 aliphatic carbocycles. The minimum Gasteiger partial charge on any atom is -0.393 e. The number of hydrogen-bond donors (Lipinski definition) is 2. The summed E-state index contributed by atoms with van der Waals surface area (Å²) in [5, 5.41) is 14.2. The van der Waals surface area contributed by atoms with Crippen LogP contribution in [0.25, 0.3) is 0 Å². The number of rotatable bonds is 6. The predicted octanol–water partition coefficient (Wildman–Crippen LogP) is 2.78. The van der Waals surface area contributed by atoms with Crippen molar-refractivity contribution >= 4 is 0 Å². The van der Waals surface area contributed by atoms with Crippen molar-refractivity contribution < 1.29 is 5.11 Å². The van der Waals surface area contributed by atoms with E-state index in [9.17, 15) is 5.11 Å². The molecule has 3 rings (SSSR count). The predicted molar refractivity (Wildman–Crippen MR) is 87.4 cm³/mol. The topological polar surface area (TPSA) is 35.5 Å². The first kappa shape index (κ1) is 15.8. The molecule has 0 aromatic carbocycles. The first-order valence-corrected chi connectivity index (χ1v) is 9.41. The van der Waals surface area contributed by atoms with Crippen molar-refractivity contribution in [2.45, 2.75) is 82.9 Å². The first-order valence-electron chi connectivity index (χ1n) is 9.41. The fourth-order valence-electron chi connectivity index (χ4n) is 4.47. The molecule has 21 heavy (non-hydrogen) atoms. The van der Waals surface area contributed by atoms with Crippen molar-refractivity contribution in [3.8, 4) is 0 Å². The van der Waals surface area contributed by atoms with E-state index in [4.69, 9.17) is 0 Å². The van der Waals surface area contributed by atoms with Crippen LogP contribution >= 0.6 is 0 Å². The third-order valence-corrected chi connectivity index (χ3v) is 5.88. The zero-order valence-corrected chi connectivity index (χ0v) is 13.8. The molecule has 0 aromatic rings. The lowest BCUT2D eigenvalue weighted by Gasteiger charge is -2.40. The summed E-state index contributed by atoms with van der Waals surface area (Å²) in [6.45, 7) is 5.84. The van der Waals surface area contributed by atoms with Gasteiger partial charge in [0.05, 0.1) is 6.10 Å². The van der Waals surface area contributed by atoms with Crippen LogP contribution < -0.4 is 5.32 Å². The van der Waals surface area contributed by atoms with Crippen LogP contribution in [0.3, 0.4) is 0 Å². The highest BCUT2D eigenvalue weighted by atomic mass is 16.3. The molecule has 3 unspecified atom stereocenters. The molecule has 3 heteroatoms. The quantitative estimate of drug-likeness (QED) is 0.791. The minimum absolute atomic E-state index is 0.0258. The Balaban J connectivity index is 1.50. The van der Waals surface area contributed by atoms with Gasteiger partial charge in [0, 0.05) is 25.2 Å². The van der Waals surface area contributed by atoms with E-state index in [2.05, 4.69) is 17.1 Å². The molecule has 2 saturated carbocycles. The van der Waals surface area contributed by atoms with Crippen molar-refractivity contribution in [1.82, 2.24) is 10.2 Å². The van der Waals surface area contributed by atoms with E-state index in [0.717, 1.165) is 19.0 Å². The summed E-state index contributed by atoms with van der Waals surface area (Å²) < 4.78 is 0. The molecular formula is C18H34N2O. The molecule has 3 atom stereocenters. The molecule has 0 spiro atoms. The lowest BCUT2D eigenvalue weighted by atomic mass is 9.87. The highest BCUT2D eigenvalue weighted by Crippen LogP contribution is 2.36. The summed E-state index contributed by atoms with van der Waals surface area (Å²) in [7, 11) is 0. The molecule has 0 radical (unpaired) electrons. The summed E-state index contributed by atoms with van der Waals surface area (Å²) in [4.78, 5) is 2.59. The number of aliphatic hydroxyl groups excluding tert-OH is 1. The van der Waals surface area contributed by atoms with Crippen molar-refractivity contribution in [1.29, 1.82) is 0 Å². The van der Waals surface area contributed by atoms with Crippen molar-refractivity contribution in [2.24, 2.45) is 11.8 Å². The fraction of sp³-hybridized carbons (Fsp3) is 1.00. The van der Waals surface area contributed by atoms with Gasteiger partial charge in [-0.15, -0.1) is 0 Å². The van der Waals surface area contributed by atoms with Crippen LogP contribution in [0.1, 0.15) is 64.7 Å². The van der Waals surface area contributed by atoms with E-state index in [1.165, 1.54) is 64.5 Å². The SMILES string of the molecule is CCN1CC(CC(O)C2CC2)CC(NC2CCCCC2)C1. The van der Waals surface area contributed by atoms with Crippen LogP contribution in [-0.4, -0.2) is 47.8 Å². The molecule has 2 N–H and O–H groups in total. The number of hydrogen-bond acceptors (Lipinski definition) is 3. The van der Waals surface area contributed by atoms with Crippen LogP contribution in [-0.2, 0) is 0 Å². The Morgan fingerprint density at radius 1 is 1.05 bits per heavy atom. The van der Waals surface area contributed by atoms with Crippen LogP contribution in [0.2, 0.25) is 0 Å². The summed E-state index contributed by atoms with van der Waals surface area (Å²) in [6, 6.07) is 1.41. The van der Waals surface area contributed by atoms with Crippen molar-refractivity contribution in [3.05, 3.63) is 0 Å². The summed E-state index contributed by atoms with van der Waals surface area (Å²) in [5.41, 5.74) is 0. The van der Waals surface area contributed by atoms with E-state index in [-0.39, 0.29) is 6.10 Å². The van der Waals surface area contributed by atoms with Gasteiger partial charge < -0.3 is 15.3 Å². The van der Waals surface area contributed by atoms with E-state index in [0.29, 0.717) is 17.9 Å². The first-order chi connectivity index (χ1) is 10.2. The highest BCUT2D eigenvalue weighted by molar-refractivity contribution is 4.89. The number of piperidine rings is 1. The number of nitrogens with zero attached hydrogens (tertiary/aromatic N) is 1. The molecule has 0 aromatic heterocycles. The smallest absolute Gasteiger partial charge is 0.0571 e. The maximum atomic E-state index is 10.3. The molecule has 1 aliphatic heterocycles. The van der Waals surface area contributed by atoms with Gasteiger partial charge in [0.1, 0.15) is 0 Å². The monoisotopic (exact) mass is 294 g/mol. The van der Waals surface area contributed by atoms with E-state index in [1.807, 2.05) is 0 Å². The van der Waals surface area contributed by atoms with Crippen LogP contribution in [0.5, 0.6) is 0 Å². The fourth-order valence-corrected chi connectivity index (χ4v) is 4.47. The molecule has 1 heterocycles. The van der Waals surface area contributed by atoms with E-state index < -0.39 is 0 Å². The Morgan fingerprint density at radius 2 is 1.81 bits per heavy atom. The Kier molecular flexibility index (Phi) is 5.58. The Morgan fingerprint density at radius 3 is 2.48 bits per heavy atom. The Hall–Kier alpha value is -0.120. The number of aliphatic hydroxyl groups is 1. The lowest BCUT2D eigenvalue weighted by molar-refractivity contribution is 0.0735. The standard InChI is InChI=1S/C18H34N2O/c1-2-20-12-14(11-18(21)15-8-9-15)10-17(13-20)19-16-6-4-3-5-7-16/h14-19,21H,2-13H2,1H3. The molecule has 122 valence electrons. The number of nitrogens with one attached hydrogen (secondary N) is 1. The van der Waals surface area contributed by atoms with Crippen molar-refractivity contribution in [3.63, 3.8) is 0 Å². The van der Waals surface area contributed by atoms with Gasteiger partial charge in [0.25, 0.3) is 0 Å². The largest absolute Gasteiger partial charge is 0.393 e. The average molecular weight is 294 g/mol. The average Bonchev–Trinajstić information content (AvgIpc) is 3.32. The number of likely N-dealkylation sites (tertiary alicyclic amines) is 1. The van der Waals surface area contributed by atoms with Gasteiger partial charge in [0.15, 0.2) is 0 Å². The zero-order chi connectivity index (χ0) is 14.7. The molecule has 0 amide bonds. The molecule has 3 fully saturated rings. The van der Waals surface area contributed by atoms with Gasteiger partial charge in [-0.05, 0) is 56.9 Å². The van der Waals surface area contributed by atoms with Crippen LogP contribution in [0, 0.1) is 11.8 Å². The summed E-state index contributed by atoms with van der Waals surface area (Å²) >= 11 is 0. The molecule has 3 aliphatic rings. The summed E-state index contributed by atoms with van der Waals surface area (Å²) in [6.07, 6.45) is 11.8. The maximum Gasteiger partial charge on any atom is 0.0571 e. The van der Waals surface area contributed by atoms with Crippen molar-refractivity contribution in [2.75, 3.05) is 19.6 Å². The molecule has 0 bridgehead atoms. The molecule has 1 saturated heterocycles. The van der Waals surface area contributed by atoms with Gasteiger partial charge in [-0.1, -0.05) is 26.2 Å². The third-order valence-electron chi connectivity index (χ3n) is 5.88. The molecular weight excluding hydrogens is 260 g/mol. The maximum absolute atomic E-state index is 10.3. The van der Waals surface area contributed by atoms with Crippen LogP contribution in [0.4, 0.5) is 0 Å². The van der Waals surface area contributed by atoms with Gasteiger partial charge in [-0.2, -0.15) is 0 Å². The molecule has 3 nitrogen and oxygen atoms in total. The number of likely N-dealkylation sites (N-methyl/N-ethyl adjacent to an activating group) is 1. The second kappa shape index (κ2) is 7.43. The Labute approximate surface area is 130 Å². The second-order valence-electron chi connectivity index (χ2n) is 7.79. The zero-order valence-electron chi connectivity index (χ0n) is 13.8. The van der Waals surface area contributed by atoms with Gasteiger partial charge in [0.2, 0.25) is 0 Å². The third kappa shape index (κ3) is 4.67. The van der Waals surface area contributed by atoms with Gasteiger partial charge in [-0.25, -0.2) is 0 Å². The Bertz CT molecular complexity index is 312. The highest BCUT2D eigenvalue weighted by Gasteiger charge is 2.34. The van der Waals surface area contributed by atoms with Gasteiger partial charge >= 0.3 is 0 Å².